The number of hydrogen-bond donors (Lipinski definition) is 4. The lowest BCUT2D eigenvalue weighted by atomic mass is 9.96. The molecule has 7 nitrogen and oxygen atoms in total. The molecular formula is C22H30N4O3. The molecule has 1 aromatic heterocycles. The molecular weight excluding hydrogens is 368 g/mol. The van der Waals surface area contributed by atoms with Gasteiger partial charge in [0.25, 0.3) is 0 Å². The van der Waals surface area contributed by atoms with Crippen LogP contribution >= 0.6 is 0 Å². The van der Waals surface area contributed by atoms with Gasteiger partial charge in [0.15, 0.2) is 0 Å². The number of nitrogens with two attached hydrogens (primary N) is 1. The number of benzene rings is 1. The highest BCUT2D eigenvalue weighted by Crippen LogP contribution is 2.21. The summed E-state index contributed by atoms with van der Waals surface area (Å²) in [6.45, 7) is 5.90. The zero-order valence-corrected chi connectivity index (χ0v) is 17.2. The molecule has 0 fully saturated rings. The number of carbonyl (C=O) groups excluding carboxylic acids is 2. The van der Waals surface area contributed by atoms with Crippen LogP contribution in [0.2, 0.25) is 0 Å². The third-order valence-corrected chi connectivity index (χ3v) is 4.86. The molecule has 2 aromatic rings. The lowest BCUT2D eigenvalue weighted by Crippen LogP contribution is -2.51. The molecule has 0 spiro atoms. The van der Waals surface area contributed by atoms with E-state index >= 15 is 0 Å². The number of phenols is 1. The van der Waals surface area contributed by atoms with Gasteiger partial charge in [0.1, 0.15) is 11.8 Å². The first-order chi connectivity index (χ1) is 13.8. The molecule has 1 aromatic carbocycles. The zero-order chi connectivity index (χ0) is 21.4. The fourth-order valence-corrected chi connectivity index (χ4v) is 3.19. The Morgan fingerprint density at radius 2 is 1.90 bits per heavy atom. The van der Waals surface area contributed by atoms with Crippen molar-refractivity contribution < 1.29 is 14.7 Å². The van der Waals surface area contributed by atoms with E-state index in [1.165, 1.54) is 0 Å². The van der Waals surface area contributed by atoms with E-state index < -0.39 is 12.1 Å². The lowest BCUT2D eigenvalue weighted by Gasteiger charge is -2.19. The smallest absolute Gasteiger partial charge is 0.242 e. The van der Waals surface area contributed by atoms with Gasteiger partial charge in [0.05, 0.1) is 6.04 Å². The third-order valence-electron chi connectivity index (χ3n) is 4.86. The van der Waals surface area contributed by atoms with Crippen molar-refractivity contribution in [3.63, 3.8) is 0 Å². The van der Waals surface area contributed by atoms with Crippen LogP contribution in [0.25, 0.3) is 0 Å². The van der Waals surface area contributed by atoms with Crippen molar-refractivity contribution in [3.05, 3.63) is 58.9 Å². The molecule has 0 unspecified atom stereocenters. The van der Waals surface area contributed by atoms with Gasteiger partial charge in [0.2, 0.25) is 11.8 Å². The molecule has 1 heterocycles. The van der Waals surface area contributed by atoms with Gasteiger partial charge in [-0.05, 0) is 80.5 Å². The number of amides is 2. The van der Waals surface area contributed by atoms with Gasteiger partial charge >= 0.3 is 0 Å². The summed E-state index contributed by atoms with van der Waals surface area (Å²) >= 11 is 0. The minimum absolute atomic E-state index is 0.190. The quantitative estimate of drug-likeness (QED) is 0.478. The third kappa shape index (κ3) is 6.87. The number of hydrogen-bond acceptors (Lipinski definition) is 5. The van der Waals surface area contributed by atoms with E-state index in [4.69, 9.17) is 5.73 Å². The van der Waals surface area contributed by atoms with Gasteiger partial charge in [-0.25, -0.2) is 0 Å². The summed E-state index contributed by atoms with van der Waals surface area (Å²) in [5.41, 5.74) is 9.85. The number of rotatable bonds is 9. The van der Waals surface area contributed by atoms with E-state index in [1.54, 1.807) is 25.3 Å². The molecule has 0 radical (unpaired) electrons. The van der Waals surface area contributed by atoms with E-state index in [1.807, 2.05) is 32.2 Å². The molecule has 29 heavy (non-hydrogen) atoms. The highest BCUT2D eigenvalue weighted by molar-refractivity contribution is 5.89. The number of aryl methyl sites for hydroxylation is 3. The highest BCUT2D eigenvalue weighted by atomic mass is 16.3. The van der Waals surface area contributed by atoms with Crippen LogP contribution in [0.1, 0.15) is 35.6 Å². The first-order valence-electron chi connectivity index (χ1n) is 9.79. The SMILES string of the molecule is Cc1cc(O)cc(C)c1C[C@H](N)C(=O)N[C@H](C)C(=O)NCCCc1cccnc1. The number of aromatic nitrogens is 1. The van der Waals surface area contributed by atoms with Gasteiger partial charge in [-0.15, -0.1) is 0 Å². The Hall–Kier alpha value is -2.93. The van der Waals surface area contributed by atoms with Gasteiger partial charge in [0, 0.05) is 18.9 Å². The van der Waals surface area contributed by atoms with Crippen LogP contribution in [0.15, 0.2) is 36.7 Å². The fourth-order valence-electron chi connectivity index (χ4n) is 3.19. The topological polar surface area (TPSA) is 117 Å². The van der Waals surface area contributed by atoms with Crippen molar-refractivity contribution in [1.29, 1.82) is 0 Å². The van der Waals surface area contributed by atoms with Gasteiger partial charge in [-0.1, -0.05) is 6.07 Å². The Labute approximate surface area is 171 Å². The highest BCUT2D eigenvalue weighted by Gasteiger charge is 2.21. The molecule has 7 heteroatoms. The molecule has 5 N–H and O–H groups in total. The van der Waals surface area contributed by atoms with Crippen LogP contribution < -0.4 is 16.4 Å². The summed E-state index contributed by atoms with van der Waals surface area (Å²) < 4.78 is 0. The molecule has 0 saturated carbocycles. The molecule has 2 amide bonds. The van der Waals surface area contributed by atoms with Crippen molar-refractivity contribution in [3.8, 4) is 5.75 Å². The van der Waals surface area contributed by atoms with Crippen molar-refractivity contribution >= 4 is 11.8 Å². The number of carbonyl (C=O) groups is 2. The molecule has 0 aliphatic rings. The number of nitrogens with one attached hydrogen (secondary N) is 2. The zero-order valence-electron chi connectivity index (χ0n) is 17.2. The van der Waals surface area contributed by atoms with E-state index in [2.05, 4.69) is 15.6 Å². The van der Waals surface area contributed by atoms with Crippen molar-refractivity contribution in [2.45, 2.75) is 52.1 Å². The van der Waals surface area contributed by atoms with Crippen molar-refractivity contribution in [2.24, 2.45) is 5.73 Å². The van der Waals surface area contributed by atoms with Crippen LogP contribution in [0.4, 0.5) is 0 Å². The first-order valence-corrected chi connectivity index (χ1v) is 9.79. The molecule has 0 aliphatic heterocycles. The largest absolute Gasteiger partial charge is 0.508 e. The molecule has 2 rings (SSSR count). The Balaban J connectivity index is 1.77. The molecule has 2 atom stereocenters. The summed E-state index contributed by atoms with van der Waals surface area (Å²) in [4.78, 5) is 28.7. The van der Waals surface area contributed by atoms with Crippen LogP contribution in [0.5, 0.6) is 5.75 Å². The van der Waals surface area contributed by atoms with Crippen LogP contribution in [0, 0.1) is 13.8 Å². The van der Waals surface area contributed by atoms with Gasteiger partial charge in [-0.3, -0.25) is 14.6 Å². The monoisotopic (exact) mass is 398 g/mol. The Kier molecular flexibility index (Phi) is 8.15. The maximum absolute atomic E-state index is 12.4. The predicted molar refractivity (Wildman–Crippen MR) is 112 cm³/mol. The van der Waals surface area contributed by atoms with Crippen LogP contribution in [0.3, 0.4) is 0 Å². The molecule has 0 bridgehead atoms. The average molecular weight is 399 g/mol. The maximum atomic E-state index is 12.4. The Bertz CT molecular complexity index is 816. The number of aromatic hydroxyl groups is 1. The second kappa shape index (κ2) is 10.6. The maximum Gasteiger partial charge on any atom is 0.242 e. The standard InChI is InChI=1S/C22H30N4O3/c1-14-10-18(27)11-15(2)19(14)12-20(23)22(29)26-16(3)21(28)25-9-5-7-17-6-4-8-24-13-17/h4,6,8,10-11,13,16,20,27H,5,7,9,12,23H2,1-3H3,(H,25,28)(H,26,29)/t16-,20+/m1/s1. The second-order valence-corrected chi connectivity index (χ2v) is 7.35. The lowest BCUT2D eigenvalue weighted by molar-refractivity contribution is -0.129. The number of phenolic OH excluding ortho intramolecular Hbond substituents is 1. The Morgan fingerprint density at radius 1 is 1.21 bits per heavy atom. The second-order valence-electron chi connectivity index (χ2n) is 7.35. The van der Waals surface area contributed by atoms with Crippen molar-refractivity contribution in [2.75, 3.05) is 6.54 Å². The summed E-state index contributed by atoms with van der Waals surface area (Å²) in [5.74, 6) is -0.431. The molecule has 156 valence electrons. The molecule has 0 aliphatic carbocycles. The normalized spacial score (nSPS) is 12.8. The minimum Gasteiger partial charge on any atom is -0.508 e. The summed E-state index contributed by atoms with van der Waals surface area (Å²) in [6, 6.07) is 5.72. The summed E-state index contributed by atoms with van der Waals surface area (Å²) in [7, 11) is 0. The van der Waals surface area contributed by atoms with Crippen LogP contribution in [-0.4, -0.2) is 40.5 Å². The fraction of sp³-hybridized carbons (Fsp3) is 0.409. The van der Waals surface area contributed by atoms with E-state index in [-0.39, 0.29) is 17.6 Å². The van der Waals surface area contributed by atoms with Gasteiger partial charge in [-0.2, -0.15) is 0 Å². The molecule has 0 saturated heterocycles. The Morgan fingerprint density at radius 3 is 2.52 bits per heavy atom. The van der Waals surface area contributed by atoms with E-state index in [0.29, 0.717) is 13.0 Å². The van der Waals surface area contributed by atoms with E-state index in [0.717, 1.165) is 35.1 Å². The number of nitrogens with zero attached hydrogens (tertiary/aromatic N) is 1. The summed E-state index contributed by atoms with van der Waals surface area (Å²) in [5, 5.41) is 15.1. The van der Waals surface area contributed by atoms with Crippen molar-refractivity contribution in [1.82, 2.24) is 15.6 Å². The minimum atomic E-state index is -0.780. The van der Waals surface area contributed by atoms with E-state index in [9.17, 15) is 14.7 Å². The predicted octanol–water partition coefficient (Wildman–Crippen LogP) is 1.53. The van der Waals surface area contributed by atoms with Gasteiger partial charge < -0.3 is 21.5 Å². The van der Waals surface area contributed by atoms with Crippen LogP contribution in [-0.2, 0) is 22.4 Å². The first kappa shape index (κ1) is 22.4. The summed E-state index contributed by atoms with van der Waals surface area (Å²) in [6.07, 6.45) is 5.49. The average Bonchev–Trinajstić information content (AvgIpc) is 2.68. The number of pyridine rings is 1.